The van der Waals surface area contributed by atoms with E-state index < -0.39 is 11.7 Å². The largest absolute Gasteiger partial charge is 0.416 e. The molecule has 1 fully saturated rings. The molecular weight excluding hydrogens is 715 g/mol. The van der Waals surface area contributed by atoms with Gasteiger partial charge in [-0.25, -0.2) is 8.78 Å². The maximum Gasteiger partial charge on any atom is 0.416 e. The van der Waals surface area contributed by atoms with Crippen molar-refractivity contribution in [2.24, 2.45) is 10.9 Å². The predicted molar refractivity (Wildman–Crippen MR) is 207 cm³/mol. The second-order valence-corrected chi connectivity index (χ2v) is 13.3. The molecular formula is C43H53F5N4O3. The molecule has 2 N–H and O–H groups in total. The lowest BCUT2D eigenvalue weighted by Gasteiger charge is -2.35. The SMILES string of the molecule is COCCCC/C(=N\OCCN)c1ccc(C(F)(F)F)cc1.Fc1ccc(C(OCCN2CCN(CCCc3ccccc3)CC2)c2ccc(F)cc2)cc1. The Morgan fingerprint density at radius 3 is 1.84 bits per heavy atom. The molecule has 5 rings (SSSR count). The molecule has 1 aliphatic heterocycles. The van der Waals surface area contributed by atoms with Gasteiger partial charge in [-0.1, -0.05) is 71.9 Å². The highest BCUT2D eigenvalue weighted by atomic mass is 19.4. The minimum Gasteiger partial charge on any atom is -0.394 e. The van der Waals surface area contributed by atoms with E-state index in [4.69, 9.17) is 20.0 Å². The van der Waals surface area contributed by atoms with Crippen molar-refractivity contribution in [3.8, 4) is 0 Å². The molecule has 1 heterocycles. The highest BCUT2D eigenvalue weighted by Crippen LogP contribution is 2.30. The van der Waals surface area contributed by atoms with E-state index in [-0.39, 0.29) is 24.3 Å². The molecule has 0 radical (unpaired) electrons. The van der Waals surface area contributed by atoms with Gasteiger partial charge in [0.15, 0.2) is 0 Å². The predicted octanol–water partition coefficient (Wildman–Crippen LogP) is 8.52. The summed E-state index contributed by atoms with van der Waals surface area (Å²) in [5, 5.41) is 3.99. The Morgan fingerprint density at radius 1 is 0.709 bits per heavy atom. The quantitative estimate of drug-likeness (QED) is 0.0447. The summed E-state index contributed by atoms with van der Waals surface area (Å²) in [6.07, 6.45) is -0.130. The van der Waals surface area contributed by atoms with Crippen LogP contribution in [0.1, 0.15) is 59.6 Å². The van der Waals surface area contributed by atoms with Gasteiger partial charge in [0.05, 0.1) is 17.9 Å². The van der Waals surface area contributed by atoms with Crippen LogP contribution >= 0.6 is 0 Å². The van der Waals surface area contributed by atoms with Crippen LogP contribution in [0, 0.1) is 11.6 Å². The zero-order valence-electron chi connectivity index (χ0n) is 31.5. The lowest BCUT2D eigenvalue weighted by Crippen LogP contribution is -2.47. The van der Waals surface area contributed by atoms with Gasteiger partial charge >= 0.3 is 6.18 Å². The zero-order valence-corrected chi connectivity index (χ0v) is 31.5. The van der Waals surface area contributed by atoms with Crippen LogP contribution in [0.3, 0.4) is 0 Å². The Morgan fingerprint density at radius 2 is 1.29 bits per heavy atom. The average Bonchev–Trinajstić information content (AvgIpc) is 3.19. The molecule has 0 amide bonds. The van der Waals surface area contributed by atoms with Gasteiger partial charge in [-0.3, -0.25) is 4.90 Å². The summed E-state index contributed by atoms with van der Waals surface area (Å²) >= 11 is 0. The van der Waals surface area contributed by atoms with Gasteiger partial charge in [0, 0.05) is 53.0 Å². The first kappa shape index (κ1) is 43.5. The van der Waals surface area contributed by atoms with Crippen LogP contribution in [0.4, 0.5) is 22.0 Å². The number of hydrogen-bond acceptors (Lipinski definition) is 7. The summed E-state index contributed by atoms with van der Waals surface area (Å²) in [5.41, 5.74) is 9.01. The second kappa shape index (κ2) is 23.7. The Bertz CT molecular complexity index is 1600. The first-order valence-electron chi connectivity index (χ1n) is 18.8. The zero-order chi connectivity index (χ0) is 39.3. The first-order chi connectivity index (χ1) is 26.7. The van der Waals surface area contributed by atoms with Crippen LogP contribution in [0.15, 0.2) is 108 Å². The molecule has 1 saturated heterocycles. The van der Waals surface area contributed by atoms with Gasteiger partial charge in [0.25, 0.3) is 0 Å². The van der Waals surface area contributed by atoms with Crippen molar-refractivity contribution >= 4 is 5.71 Å². The fourth-order valence-electron chi connectivity index (χ4n) is 6.16. The molecule has 1 aliphatic rings. The summed E-state index contributed by atoms with van der Waals surface area (Å²) in [4.78, 5) is 10.0. The lowest BCUT2D eigenvalue weighted by atomic mass is 10.0. The smallest absolute Gasteiger partial charge is 0.394 e. The fraction of sp³-hybridized carbons (Fsp3) is 0.419. The molecule has 12 heteroatoms. The van der Waals surface area contributed by atoms with E-state index in [0.717, 1.165) is 81.8 Å². The maximum absolute atomic E-state index is 13.4. The van der Waals surface area contributed by atoms with Gasteiger partial charge < -0.3 is 24.9 Å². The number of alkyl halides is 3. The summed E-state index contributed by atoms with van der Waals surface area (Å²) in [7, 11) is 1.62. The van der Waals surface area contributed by atoms with Gasteiger partial charge in [-0.15, -0.1) is 0 Å². The van der Waals surface area contributed by atoms with Crippen LogP contribution in [-0.4, -0.2) is 88.3 Å². The van der Waals surface area contributed by atoms with E-state index in [1.54, 1.807) is 31.4 Å². The second-order valence-electron chi connectivity index (χ2n) is 13.3. The van der Waals surface area contributed by atoms with E-state index in [1.165, 1.54) is 48.4 Å². The van der Waals surface area contributed by atoms with E-state index in [2.05, 4.69) is 45.3 Å². The normalized spacial score (nSPS) is 14.1. The van der Waals surface area contributed by atoms with Crippen molar-refractivity contribution in [3.05, 3.63) is 143 Å². The fourth-order valence-corrected chi connectivity index (χ4v) is 6.16. The summed E-state index contributed by atoms with van der Waals surface area (Å²) in [5.74, 6) is -0.559. The molecule has 7 nitrogen and oxygen atoms in total. The van der Waals surface area contributed by atoms with Gasteiger partial charge in [0.2, 0.25) is 0 Å². The highest BCUT2D eigenvalue weighted by molar-refractivity contribution is 6.00. The third-order valence-corrected chi connectivity index (χ3v) is 9.23. The minimum absolute atomic E-state index is 0.266. The Hall–Kier alpha value is -4.20. The third kappa shape index (κ3) is 15.8. The minimum atomic E-state index is -4.34. The van der Waals surface area contributed by atoms with Gasteiger partial charge in [-0.05, 0) is 97.3 Å². The van der Waals surface area contributed by atoms with Crippen LogP contribution in [0.2, 0.25) is 0 Å². The average molecular weight is 769 g/mol. The number of benzene rings is 4. The molecule has 55 heavy (non-hydrogen) atoms. The van der Waals surface area contributed by atoms with Crippen LogP contribution in [0.5, 0.6) is 0 Å². The molecule has 0 bridgehead atoms. The van der Waals surface area contributed by atoms with E-state index >= 15 is 0 Å². The van der Waals surface area contributed by atoms with E-state index in [0.29, 0.717) is 37.5 Å². The summed E-state index contributed by atoms with van der Waals surface area (Å²) in [6.45, 7) is 7.99. The molecule has 0 unspecified atom stereocenters. The number of oxime groups is 1. The number of nitrogens with zero attached hydrogens (tertiary/aromatic N) is 3. The van der Waals surface area contributed by atoms with Gasteiger partial charge in [0.1, 0.15) is 24.3 Å². The van der Waals surface area contributed by atoms with Crippen LogP contribution in [0.25, 0.3) is 0 Å². The maximum atomic E-state index is 13.4. The van der Waals surface area contributed by atoms with Crippen molar-refractivity contribution in [3.63, 3.8) is 0 Å². The van der Waals surface area contributed by atoms with E-state index in [9.17, 15) is 22.0 Å². The lowest BCUT2D eigenvalue weighted by molar-refractivity contribution is -0.137. The highest BCUT2D eigenvalue weighted by Gasteiger charge is 2.30. The number of rotatable bonds is 19. The number of hydrogen-bond donors (Lipinski definition) is 1. The van der Waals surface area contributed by atoms with Crippen LogP contribution in [-0.2, 0) is 26.9 Å². The molecule has 4 aromatic rings. The molecule has 0 spiro atoms. The van der Waals surface area contributed by atoms with Crippen molar-refractivity contribution in [2.45, 2.75) is 44.4 Å². The molecule has 298 valence electrons. The summed E-state index contributed by atoms with van der Waals surface area (Å²) < 4.78 is 75.7. The third-order valence-electron chi connectivity index (χ3n) is 9.23. The molecule has 0 saturated carbocycles. The van der Waals surface area contributed by atoms with E-state index in [1.807, 2.05) is 0 Å². The monoisotopic (exact) mass is 768 g/mol. The molecule has 0 aliphatic carbocycles. The van der Waals surface area contributed by atoms with Crippen LogP contribution < -0.4 is 5.73 Å². The van der Waals surface area contributed by atoms with Gasteiger partial charge in [-0.2, -0.15) is 13.2 Å². The van der Waals surface area contributed by atoms with Crippen molar-refractivity contribution in [2.75, 3.05) is 72.7 Å². The molecule has 0 atom stereocenters. The standard InChI is InChI=1S/C28H32F2N2O.C15H21F3N2O2/c29-26-12-8-24(9-13-26)28(25-10-14-27(30)15-11-25)33-22-21-32-19-17-31(18-20-32)16-4-7-23-5-2-1-3-6-23;1-21-10-3-2-4-14(20-22-11-9-19)12-5-7-13(8-6-12)15(16,17)18/h1-3,5-6,8-15,28H,4,7,16-22H2;5-8H,2-4,9-11,19H2,1H3/b;20-14+. The van der Waals surface area contributed by atoms with Crippen molar-refractivity contribution in [1.29, 1.82) is 0 Å². The van der Waals surface area contributed by atoms with Crippen molar-refractivity contribution in [1.82, 2.24) is 9.80 Å². The Labute approximate surface area is 321 Å². The summed E-state index contributed by atoms with van der Waals surface area (Å²) in [6, 6.07) is 28.3. The number of methoxy groups -OCH3 is 1. The molecule has 4 aromatic carbocycles. The first-order valence-corrected chi connectivity index (χ1v) is 18.8. The number of halogens is 5. The number of nitrogens with two attached hydrogens (primary N) is 1. The number of aryl methyl sites for hydroxylation is 1. The number of ether oxygens (including phenoxy) is 2. The molecule has 0 aromatic heterocycles. The number of piperazine rings is 1. The van der Waals surface area contributed by atoms with Crippen molar-refractivity contribution < 1.29 is 36.3 Å². The Balaban J connectivity index is 0.000000267. The number of unbranched alkanes of at least 4 members (excludes halogenated alkanes) is 1. The topological polar surface area (TPSA) is 72.5 Å². The Kier molecular flexibility index (Phi) is 18.7.